The van der Waals surface area contributed by atoms with E-state index >= 15 is 0 Å². The number of nitrogens with zero attached hydrogens (tertiary/aromatic N) is 5. The van der Waals surface area contributed by atoms with Crippen LogP contribution in [0.1, 0.15) is 40.0 Å². The standard InChI is InChI=1S/C17H25BrN6O2/c1-17(2,3)26-16(25)23-7-4-11(5-8-23)6-9-24-14-12(22-15(24)18)13(19)20-10-21-14/h10-11H,4-9H2,1-3H3,(H2,19,20,21). The van der Waals surface area contributed by atoms with Crippen LogP contribution in [0.15, 0.2) is 11.1 Å². The summed E-state index contributed by atoms with van der Waals surface area (Å²) < 4.78 is 8.18. The van der Waals surface area contributed by atoms with Gasteiger partial charge in [0.25, 0.3) is 0 Å². The fourth-order valence-electron chi connectivity index (χ4n) is 3.17. The molecule has 2 N–H and O–H groups in total. The van der Waals surface area contributed by atoms with Crippen LogP contribution in [0.4, 0.5) is 10.6 Å². The molecule has 0 radical (unpaired) electrons. The van der Waals surface area contributed by atoms with E-state index in [1.807, 2.05) is 25.3 Å². The van der Waals surface area contributed by atoms with Crippen molar-refractivity contribution in [3.63, 3.8) is 0 Å². The Balaban J connectivity index is 1.56. The van der Waals surface area contributed by atoms with Crippen molar-refractivity contribution in [2.75, 3.05) is 18.8 Å². The normalized spacial score (nSPS) is 16.2. The first-order chi connectivity index (χ1) is 12.2. The van der Waals surface area contributed by atoms with Gasteiger partial charge in [0.05, 0.1) is 0 Å². The van der Waals surface area contributed by atoms with Crippen molar-refractivity contribution in [1.82, 2.24) is 24.4 Å². The second-order valence-electron chi connectivity index (χ2n) is 7.66. The SMILES string of the molecule is CC(C)(C)OC(=O)N1CCC(CCn2c(Br)nc3c(N)ncnc32)CC1. The second kappa shape index (κ2) is 7.38. The van der Waals surface area contributed by atoms with Crippen LogP contribution < -0.4 is 5.73 Å². The van der Waals surface area contributed by atoms with Crippen LogP contribution in [0.2, 0.25) is 0 Å². The summed E-state index contributed by atoms with van der Waals surface area (Å²) in [6.07, 6.45) is 4.19. The predicted molar refractivity (Wildman–Crippen MR) is 103 cm³/mol. The van der Waals surface area contributed by atoms with Crippen molar-refractivity contribution < 1.29 is 9.53 Å². The van der Waals surface area contributed by atoms with Gasteiger partial charge in [0.2, 0.25) is 0 Å². The first-order valence-electron chi connectivity index (χ1n) is 8.85. The number of carbonyl (C=O) groups excluding carboxylic acids is 1. The first-order valence-corrected chi connectivity index (χ1v) is 9.64. The molecule has 0 bridgehead atoms. The Morgan fingerprint density at radius 2 is 2.04 bits per heavy atom. The number of likely N-dealkylation sites (tertiary alicyclic amines) is 1. The van der Waals surface area contributed by atoms with Crippen molar-refractivity contribution in [2.24, 2.45) is 5.92 Å². The number of hydrogen-bond acceptors (Lipinski definition) is 6. The van der Waals surface area contributed by atoms with Crippen LogP contribution in [-0.2, 0) is 11.3 Å². The quantitative estimate of drug-likeness (QED) is 0.759. The van der Waals surface area contributed by atoms with E-state index in [2.05, 4.69) is 30.9 Å². The van der Waals surface area contributed by atoms with Gasteiger partial charge in [-0.15, -0.1) is 0 Å². The van der Waals surface area contributed by atoms with Crippen LogP contribution in [-0.4, -0.2) is 49.2 Å². The van der Waals surface area contributed by atoms with Crippen LogP contribution in [0.3, 0.4) is 0 Å². The summed E-state index contributed by atoms with van der Waals surface area (Å²) in [5, 5.41) is 0. The molecule has 3 rings (SSSR count). The lowest BCUT2D eigenvalue weighted by Crippen LogP contribution is -2.41. The van der Waals surface area contributed by atoms with Gasteiger partial charge in [-0.1, -0.05) is 0 Å². The second-order valence-corrected chi connectivity index (χ2v) is 8.37. The number of nitrogens with two attached hydrogens (primary N) is 1. The number of rotatable bonds is 3. The molecule has 26 heavy (non-hydrogen) atoms. The van der Waals surface area contributed by atoms with Gasteiger partial charge in [0, 0.05) is 19.6 Å². The molecule has 0 spiro atoms. The van der Waals surface area contributed by atoms with E-state index in [9.17, 15) is 4.79 Å². The van der Waals surface area contributed by atoms with Gasteiger partial charge >= 0.3 is 6.09 Å². The molecule has 1 amide bonds. The van der Waals surface area contributed by atoms with Gasteiger partial charge in [-0.3, -0.25) is 0 Å². The molecule has 2 aromatic rings. The highest BCUT2D eigenvalue weighted by molar-refractivity contribution is 9.10. The minimum atomic E-state index is -0.452. The molecule has 8 nitrogen and oxygen atoms in total. The molecule has 1 saturated heterocycles. The molecule has 2 aromatic heterocycles. The van der Waals surface area contributed by atoms with Crippen molar-refractivity contribution in [2.45, 2.75) is 52.2 Å². The number of aromatic nitrogens is 4. The van der Waals surface area contributed by atoms with Gasteiger partial charge in [-0.2, -0.15) is 0 Å². The maximum Gasteiger partial charge on any atom is 0.410 e. The number of ether oxygens (including phenoxy) is 1. The minimum absolute atomic E-state index is 0.216. The van der Waals surface area contributed by atoms with E-state index in [1.54, 1.807) is 4.90 Å². The van der Waals surface area contributed by atoms with E-state index in [0.29, 0.717) is 22.0 Å². The van der Waals surface area contributed by atoms with Crippen LogP contribution in [0, 0.1) is 5.92 Å². The Morgan fingerprint density at radius 1 is 1.35 bits per heavy atom. The highest BCUT2D eigenvalue weighted by Gasteiger charge is 2.27. The molecule has 1 fully saturated rings. The first kappa shape index (κ1) is 18.9. The third-order valence-corrected chi connectivity index (χ3v) is 5.15. The maximum atomic E-state index is 12.1. The third-order valence-electron chi connectivity index (χ3n) is 4.54. The number of hydrogen-bond donors (Lipinski definition) is 1. The molecule has 1 aliphatic rings. The average molecular weight is 425 g/mol. The summed E-state index contributed by atoms with van der Waals surface area (Å²) in [4.78, 5) is 26.6. The van der Waals surface area contributed by atoms with Crippen molar-refractivity contribution in [3.8, 4) is 0 Å². The number of fused-ring (bicyclic) bond motifs is 1. The zero-order chi connectivity index (χ0) is 18.9. The van der Waals surface area contributed by atoms with Gasteiger partial charge < -0.3 is 19.9 Å². The zero-order valence-corrected chi connectivity index (χ0v) is 17.0. The number of imidazole rings is 1. The summed E-state index contributed by atoms with van der Waals surface area (Å²) in [6, 6.07) is 0. The number of halogens is 1. The van der Waals surface area contributed by atoms with Gasteiger partial charge in [-0.05, 0) is 61.9 Å². The van der Waals surface area contributed by atoms with E-state index in [4.69, 9.17) is 10.5 Å². The fraction of sp³-hybridized carbons (Fsp3) is 0.647. The molecule has 1 aliphatic heterocycles. The molecule has 0 unspecified atom stereocenters. The molecule has 0 aliphatic carbocycles. The fourth-order valence-corrected chi connectivity index (χ4v) is 3.69. The van der Waals surface area contributed by atoms with E-state index < -0.39 is 5.60 Å². The molecule has 0 atom stereocenters. The summed E-state index contributed by atoms with van der Waals surface area (Å²) in [5.41, 5.74) is 6.79. The van der Waals surface area contributed by atoms with Crippen LogP contribution in [0.5, 0.6) is 0 Å². The molecule has 9 heteroatoms. The van der Waals surface area contributed by atoms with E-state index in [1.165, 1.54) is 6.33 Å². The van der Waals surface area contributed by atoms with Gasteiger partial charge in [-0.25, -0.2) is 19.7 Å². The molecule has 0 saturated carbocycles. The van der Waals surface area contributed by atoms with Crippen molar-refractivity contribution in [1.29, 1.82) is 0 Å². The highest BCUT2D eigenvalue weighted by atomic mass is 79.9. The van der Waals surface area contributed by atoms with Crippen molar-refractivity contribution >= 4 is 39.0 Å². The Kier molecular flexibility index (Phi) is 5.36. The van der Waals surface area contributed by atoms with E-state index in [-0.39, 0.29) is 6.09 Å². The number of piperidine rings is 1. The molecule has 142 valence electrons. The average Bonchev–Trinajstić information content (AvgIpc) is 2.89. The topological polar surface area (TPSA) is 99.2 Å². The lowest BCUT2D eigenvalue weighted by Gasteiger charge is -2.33. The van der Waals surface area contributed by atoms with Crippen LogP contribution in [0.25, 0.3) is 11.2 Å². The van der Waals surface area contributed by atoms with E-state index in [0.717, 1.165) is 44.5 Å². The lowest BCUT2D eigenvalue weighted by molar-refractivity contribution is 0.0180. The highest BCUT2D eigenvalue weighted by Crippen LogP contribution is 2.26. The maximum absolute atomic E-state index is 12.1. The molecular formula is C17H25BrN6O2. The number of carbonyl (C=O) groups is 1. The minimum Gasteiger partial charge on any atom is -0.444 e. The van der Waals surface area contributed by atoms with Crippen LogP contribution >= 0.6 is 15.9 Å². The van der Waals surface area contributed by atoms with Crippen molar-refractivity contribution in [3.05, 3.63) is 11.1 Å². The summed E-state index contributed by atoms with van der Waals surface area (Å²) in [7, 11) is 0. The number of amides is 1. The Labute approximate surface area is 161 Å². The Bertz CT molecular complexity index is 792. The monoisotopic (exact) mass is 424 g/mol. The molecule has 3 heterocycles. The Hall–Kier alpha value is -1.90. The summed E-state index contributed by atoms with van der Waals surface area (Å²) >= 11 is 3.48. The summed E-state index contributed by atoms with van der Waals surface area (Å²) in [6.45, 7) is 7.94. The number of anilines is 1. The van der Waals surface area contributed by atoms with Gasteiger partial charge in [0.15, 0.2) is 21.7 Å². The molecule has 0 aromatic carbocycles. The smallest absolute Gasteiger partial charge is 0.410 e. The lowest BCUT2D eigenvalue weighted by atomic mass is 9.94. The molecular weight excluding hydrogens is 400 g/mol. The Morgan fingerprint density at radius 3 is 2.69 bits per heavy atom. The number of aryl methyl sites for hydroxylation is 1. The third kappa shape index (κ3) is 4.25. The predicted octanol–water partition coefficient (Wildman–Crippen LogP) is 3.21. The summed E-state index contributed by atoms with van der Waals surface area (Å²) in [5.74, 6) is 0.942. The zero-order valence-electron chi connectivity index (χ0n) is 15.4. The van der Waals surface area contributed by atoms with Gasteiger partial charge in [0.1, 0.15) is 11.9 Å². The number of nitrogen functional groups attached to an aromatic ring is 1. The largest absolute Gasteiger partial charge is 0.444 e.